The molecule has 1 heterocycles. The number of nitrogens with one attached hydrogen (secondary N) is 4. The van der Waals surface area contributed by atoms with E-state index in [1.165, 1.54) is 6.21 Å². The summed E-state index contributed by atoms with van der Waals surface area (Å²) in [5, 5.41) is 12.3. The number of hydrogen-bond donors (Lipinski definition) is 5. The van der Waals surface area contributed by atoms with Crippen LogP contribution < -0.4 is 27.1 Å². The largest absolute Gasteiger partial charge is 0.445 e. The van der Waals surface area contributed by atoms with Crippen LogP contribution in [0.25, 0.3) is 0 Å². The molecule has 0 aromatic heterocycles. The van der Waals surface area contributed by atoms with E-state index in [-0.39, 0.29) is 30.4 Å². The molecule has 0 bridgehead atoms. The number of carbonyl (C=O) groups is 4. The van der Waals surface area contributed by atoms with Gasteiger partial charge in [0.2, 0.25) is 11.8 Å². The molecule has 39 heavy (non-hydrogen) atoms. The molecule has 0 aliphatic carbocycles. The lowest BCUT2D eigenvalue weighted by Crippen LogP contribution is -2.43. The van der Waals surface area contributed by atoms with Gasteiger partial charge in [-0.15, -0.1) is 0 Å². The molecule has 0 spiro atoms. The van der Waals surface area contributed by atoms with Crippen LogP contribution in [0.1, 0.15) is 49.8 Å². The molecule has 2 aromatic carbocycles. The second kappa shape index (κ2) is 14.5. The van der Waals surface area contributed by atoms with Gasteiger partial charge in [-0.2, -0.15) is 5.10 Å². The Morgan fingerprint density at radius 2 is 1.95 bits per heavy atom. The minimum Gasteiger partial charge on any atom is -0.445 e. The number of ether oxygens (including phenoxy) is 1. The second-order valence-electron chi connectivity index (χ2n) is 9.46. The number of para-hydroxylation sites is 1. The molecule has 0 saturated heterocycles. The molecular formula is C28H36N6O5. The van der Waals surface area contributed by atoms with Gasteiger partial charge in [-0.3, -0.25) is 9.59 Å². The number of hydrogen-bond acceptors (Lipinski definition) is 6. The van der Waals surface area contributed by atoms with Crippen LogP contribution in [0.5, 0.6) is 0 Å². The molecule has 1 unspecified atom stereocenters. The van der Waals surface area contributed by atoms with Gasteiger partial charge in [-0.1, -0.05) is 62.4 Å². The molecule has 0 saturated carbocycles. The summed E-state index contributed by atoms with van der Waals surface area (Å²) in [4.78, 5) is 48.8. The topological polar surface area (TPSA) is 164 Å². The monoisotopic (exact) mass is 536 g/mol. The molecule has 1 aliphatic rings. The smallest absolute Gasteiger partial charge is 0.408 e. The summed E-state index contributed by atoms with van der Waals surface area (Å²) in [6.45, 7) is 3.84. The van der Waals surface area contributed by atoms with Crippen molar-refractivity contribution < 1.29 is 23.9 Å². The normalized spacial score (nSPS) is 16.3. The molecule has 208 valence electrons. The summed E-state index contributed by atoms with van der Waals surface area (Å²) >= 11 is 0. The number of rotatable bonds is 11. The fourth-order valence-electron chi connectivity index (χ4n) is 4.18. The van der Waals surface area contributed by atoms with Crippen molar-refractivity contribution in [3.8, 4) is 0 Å². The average Bonchev–Trinajstić information content (AvgIpc) is 3.08. The van der Waals surface area contributed by atoms with Gasteiger partial charge in [0.05, 0.1) is 6.04 Å². The van der Waals surface area contributed by atoms with Crippen molar-refractivity contribution in [2.24, 2.45) is 16.8 Å². The molecule has 2 aromatic rings. The van der Waals surface area contributed by atoms with Gasteiger partial charge in [-0.25, -0.2) is 15.0 Å². The summed E-state index contributed by atoms with van der Waals surface area (Å²) in [6.07, 6.45) is 3.54. The van der Waals surface area contributed by atoms with E-state index in [0.717, 1.165) is 22.4 Å². The van der Waals surface area contributed by atoms with Crippen LogP contribution in [-0.2, 0) is 33.8 Å². The van der Waals surface area contributed by atoms with Gasteiger partial charge in [0.25, 0.3) is 0 Å². The van der Waals surface area contributed by atoms with Crippen molar-refractivity contribution >= 4 is 35.8 Å². The highest BCUT2D eigenvalue weighted by Crippen LogP contribution is 2.28. The molecule has 11 nitrogen and oxygen atoms in total. The fraction of sp³-hybridized carbons (Fsp3) is 0.393. The number of aryl methyl sites for hydroxylation is 2. The minimum absolute atomic E-state index is 0.118. The van der Waals surface area contributed by atoms with Crippen LogP contribution in [0.15, 0.2) is 53.6 Å². The number of nitrogens with zero attached hydrogens (tertiary/aromatic N) is 1. The zero-order valence-electron chi connectivity index (χ0n) is 22.2. The van der Waals surface area contributed by atoms with Gasteiger partial charge >= 0.3 is 12.1 Å². The molecule has 5 amide bonds. The van der Waals surface area contributed by atoms with Crippen LogP contribution in [0.4, 0.5) is 15.3 Å². The van der Waals surface area contributed by atoms with Crippen molar-refractivity contribution in [2.75, 3.05) is 5.32 Å². The summed E-state index contributed by atoms with van der Waals surface area (Å²) in [7, 11) is 0. The Morgan fingerprint density at radius 3 is 2.67 bits per heavy atom. The zero-order chi connectivity index (χ0) is 28.2. The van der Waals surface area contributed by atoms with Crippen molar-refractivity contribution in [1.82, 2.24) is 16.1 Å². The van der Waals surface area contributed by atoms with E-state index in [2.05, 4.69) is 26.5 Å². The highest BCUT2D eigenvalue weighted by molar-refractivity contribution is 5.98. The number of amides is 5. The highest BCUT2D eigenvalue weighted by atomic mass is 16.5. The van der Waals surface area contributed by atoms with Crippen molar-refractivity contribution in [3.63, 3.8) is 0 Å². The van der Waals surface area contributed by atoms with E-state index in [4.69, 9.17) is 10.5 Å². The predicted octanol–water partition coefficient (Wildman–Crippen LogP) is 2.98. The summed E-state index contributed by atoms with van der Waals surface area (Å²) in [5.74, 6) is -0.752. The third-order valence-electron chi connectivity index (χ3n) is 6.50. The summed E-state index contributed by atoms with van der Waals surface area (Å²) in [6, 6.07) is 13.3. The molecule has 11 heteroatoms. The minimum atomic E-state index is -0.778. The van der Waals surface area contributed by atoms with Crippen molar-refractivity contribution in [1.29, 1.82) is 0 Å². The first-order valence-corrected chi connectivity index (χ1v) is 13.0. The lowest BCUT2D eigenvalue weighted by molar-refractivity contribution is -0.125. The van der Waals surface area contributed by atoms with Crippen LogP contribution in [0.2, 0.25) is 0 Å². The van der Waals surface area contributed by atoms with Crippen molar-refractivity contribution in [3.05, 3.63) is 65.2 Å². The van der Waals surface area contributed by atoms with E-state index in [1.807, 2.05) is 62.4 Å². The van der Waals surface area contributed by atoms with E-state index in [1.54, 1.807) is 0 Å². The first kappa shape index (κ1) is 29.2. The number of hydrazone groups is 1. The Morgan fingerprint density at radius 1 is 1.18 bits per heavy atom. The maximum Gasteiger partial charge on any atom is 0.408 e. The fourth-order valence-corrected chi connectivity index (χ4v) is 4.18. The summed E-state index contributed by atoms with van der Waals surface area (Å²) in [5.41, 5.74) is 10.6. The lowest BCUT2D eigenvalue weighted by atomic mass is 9.96. The third-order valence-corrected chi connectivity index (χ3v) is 6.50. The maximum atomic E-state index is 13.0. The quantitative estimate of drug-likeness (QED) is 0.220. The van der Waals surface area contributed by atoms with Gasteiger partial charge < -0.3 is 26.4 Å². The first-order valence-electron chi connectivity index (χ1n) is 13.0. The number of urea groups is 1. The highest BCUT2D eigenvalue weighted by Gasteiger charge is 2.27. The van der Waals surface area contributed by atoms with E-state index in [0.29, 0.717) is 32.1 Å². The first-order chi connectivity index (χ1) is 18.8. The van der Waals surface area contributed by atoms with Crippen LogP contribution in [0.3, 0.4) is 0 Å². The standard InChI is InChI=1S/C28H36N6O5/c1-3-22(16-30-34-27(29)37)31-25(35)18(2)12-13-20-10-7-11-21-14-15-23(26(36)33-24(20)21)32-28(38)39-17-19-8-5-4-6-9-19/h4-11,16,18,22-23H,3,12-15,17H2,1-2H3,(H,31,35)(H,32,38)(H,33,36)(H3,29,34,37)/b30-16+/t18?,22-,23-/m0/s1. The third kappa shape index (κ3) is 9.13. The zero-order valence-corrected chi connectivity index (χ0v) is 22.2. The number of alkyl carbamates (subject to hydrolysis) is 1. The Kier molecular flexibility index (Phi) is 10.8. The Bertz CT molecular complexity index is 1190. The SMILES string of the molecule is CC[C@@H](/C=N/NC(N)=O)NC(=O)C(C)CCc1cccc2c1NC(=O)[C@@H](NC(=O)OCc1ccccc1)CC2. The van der Waals surface area contributed by atoms with Gasteiger partial charge in [0, 0.05) is 17.8 Å². The molecule has 0 fully saturated rings. The van der Waals surface area contributed by atoms with Crippen LogP contribution in [-0.4, -0.2) is 42.2 Å². The van der Waals surface area contributed by atoms with Gasteiger partial charge in [-0.05, 0) is 48.8 Å². The van der Waals surface area contributed by atoms with Crippen LogP contribution >= 0.6 is 0 Å². The van der Waals surface area contributed by atoms with E-state index < -0.39 is 18.2 Å². The second-order valence-corrected chi connectivity index (χ2v) is 9.46. The number of nitrogens with two attached hydrogens (primary N) is 1. The van der Waals surface area contributed by atoms with E-state index in [9.17, 15) is 19.2 Å². The number of benzene rings is 2. The average molecular weight is 537 g/mol. The van der Waals surface area contributed by atoms with Crippen molar-refractivity contribution in [2.45, 2.75) is 64.6 Å². The maximum absolute atomic E-state index is 13.0. The predicted molar refractivity (Wildman–Crippen MR) is 148 cm³/mol. The van der Waals surface area contributed by atoms with Crippen LogP contribution in [0, 0.1) is 5.92 Å². The van der Waals surface area contributed by atoms with Gasteiger partial charge in [0.15, 0.2) is 0 Å². The molecule has 0 radical (unpaired) electrons. The molecule has 1 aliphatic heterocycles. The molecule has 3 atom stereocenters. The molecule has 3 rings (SSSR count). The van der Waals surface area contributed by atoms with Gasteiger partial charge in [0.1, 0.15) is 12.6 Å². The number of primary amides is 1. The molecular weight excluding hydrogens is 500 g/mol. The molecule has 6 N–H and O–H groups in total. The Hall–Kier alpha value is -4.41. The lowest BCUT2D eigenvalue weighted by Gasteiger charge is -2.18. The summed E-state index contributed by atoms with van der Waals surface area (Å²) < 4.78 is 5.28. The number of fused-ring (bicyclic) bond motifs is 1. The van der Waals surface area contributed by atoms with E-state index >= 15 is 0 Å². The Labute approximate surface area is 227 Å². The Balaban J connectivity index is 1.54. The number of carbonyl (C=O) groups excluding carboxylic acids is 4. The number of anilines is 1.